The maximum Gasteiger partial charge on any atom is 0.312 e. The van der Waals surface area contributed by atoms with E-state index in [0.29, 0.717) is 0 Å². The van der Waals surface area contributed by atoms with Crippen LogP contribution >= 0.6 is 10.0 Å². The molecule has 0 unspecified atom stereocenters. The van der Waals surface area contributed by atoms with Gasteiger partial charge in [0, 0.05) is 27.0 Å². The lowest BCUT2D eigenvalue weighted by molar-refractivity contribution is -0.133. The SMILES string of the molecule is CC(C)c1c(S(C)(C)CC(=O)O)c2cc3[nH]ncc3cc2n1-c1ccc(F)cc1. The first-order valence-electron chi connectivity index (χ1n) is 9.39. The molecule has 0 aliphatic carbocycles. The van der Waals surface area contributed by atoms with Crippen LogP contribution in [0.15, 0.2) is 47.5 Å². The van der Waals surface area contributed by atoms with Crippen molar-refractivity contribution in [2.75, 3.05) is 18.3 Å². The number of H-pyrrole nitrogens is 1. The van der Waals surface area contributed by atoms with E-state index >= 15 is 0 Å². The van der Waals surface area contributed by atoms with Crippen LogP contribution in [0.25, 0.3) is 27.5 Å². The van der Waals surface area contributed by atoms with Crippen molar-refractivity contribution in [1.82, 2.24) is 14.8 Å². The molecule has 2 heterocycles. The Hall–Kier alpha value is -2.80. The second-order valence-electron chi connectivity index (χ2n) is 8.08. The van der Waals surface area contributed by atoms with Crippen molar-refractivity contribution in [1.29, 1.82) is 0 Å². The zero-order valence-electron chi connectivity index (χ0n) is 16.9. The van der Waals surface area contributed by atoms with E-state index in [9.17, 15) is 14.3 Å². The summed E-state index contributed by atoms with van der Waals surface area (Å²) in [6, 6.07) is 10.6. The Morgan fingerprint density at radius 1 is 1.24 bits per heavy atom. The maximum atomic E-state index is 13.6. The molecule has 0 fully saturated rings. The highest BCUT2D eigenvalue weighted by Crippen LogP contribution is 2.56. The number of hydrogen-bond acceptors (Lipinski definition) is 2. The summed E-state index contributed by atoms with van der Waals surface area (Å²) in [6.45, 7) is 4.23. The molecule has 0 aliphatic heterocycles. The number of aromatic nitrogens is 3. The smallest absolute Gasteiger partial charge is 0.312 e. The molecule has 2 aromatic carbocycles. The predicted molar refractivity (Wildman–Crippen MR) is 117 cm³/mol. The van der Waals surface area contributed by atoms with Crippen LogP contribution in [-0.4, -0.2) is 44.1 Å². The van der Waals surface area contributed by atoms with Crippen molar-refractivity contribution >= 4 is 37.8 Å². The normalized spacial score (nSPS) is 12.9. The van der Waals surface area contributed by atoms with E-state index in [1.54, 1.807) is 18.3 Å². The minimum atomic E-state index is -1.64. The molecule has 0 amide bonds. The number of halogens is 1. The van der Waals surface area contributed by atoms with Gasteiger partial charge in [0.25, 0.3) is 0 Å². The number of nitrogens with one attached hydrogen (secondary N) is 1. The summed E-state index contributed by atoms with van der Waals surface area (Å²) in [5.41, 5.74) is 3.83. The van der Waals surface area contributed by atoms with E-state index < -0.39 is 16.0 Å². The fourth-order valence-corrected chi connectivity index (χ4v) is 6.48. The van der Waals surface area contributed by atoms with E-state index in [2.05, 4.69) is 40.7 Å². The van der Waals surface area contributed by atoms with Gasteiger partial charge < -0.3 is 9.67 Å². The zero-order valence-corrected chi connectivity index (χ0v) is 17.7. The molecule has 4 aromatic rings. The summed E-state index contributed by atoms with van der Waals surface area (Å²) >= 11 is 0. The Morgan fingerprint density at radius 3 is 2.55 bits per heavy atom. The van der Waals surface area contributed by atoms with E-state index in [4.69, 9.17) is 0 Å². The third kappa shape index (κ3) is 3.29. The number of carboxylic acid groups (broad SMARTS) is 1. The number of carbonyl (C=O) groups is 1. The summed E-state index contributed by atoms with van der Waals surface area (Å²) in [5.74, 6) is -0.842. The Balaban J connectivity index is 2.16. The van der Waals surface area contributed by atoms with Crippen LogP contribution in [0.1, 0.15) is 25.5 Å². The van der Waals surface area contributed by atoms with Gasteiger partial charge in [0.1, 0.15) is 5.82 Å². The summed E-state index contributed by atoms with van der Waals surface area (Å²) < 4.78 is 15.7. The number of aromatic amines is 1. The van der Waals surface area contributed by atoms with Gasteiger partial charge in [-0.1, -0.05) is 13.8 Å². The average Bonchev–Trinajstić information content (AvgIpc) is 3.21. The number of nitrogens with zero attached hydrogens (tertiary/aromatic N) is 2. The standard InChI is InChI=1S/C22H24FN3O2S/c1-13(2)21-22(29(3,4)12-20(27)28)17-10-18-14(11-24-25-18)9-19(17)26(21)16-7-5-15(23)6-8-16/h5-11,13H,12H2,1-4H3,(H,24,25)(H,27,28). The largest absolute Gasteiger partial charge is 0.481 e. The summed E-state index contributed by atoms with van der Waals surface area (Å²) in [5, 5.41) is 18.7. The summed E-state index contributed by atoms with van der Waals surface area (Å²) in [7, 11) is -1.64. The zero-order chi connectivity index (χ0) is 20.9. The predicted octanol–water partition coefficient (Wildman–Crippen LogP) is 5.28. The third-order valence-corrected chi connectivity index (χ3v) is 7.69. The van der Waals surface area contributed by atoms with Gasteiger partial charge in [-0.15, -0.1) is 0 Å². The van der Waals surface area contributed by atoms with Crippen LogP contribution in [0.3, 0.4) is 0 Å². The van der Waals surface area contributed by atoms with Gasteiger partial charge in [0.15, 0.2) is 0 Å². The third-order valence-electron chi connectivity index (χ3n) is 5.18. The first-order valence-corrected chi connectivity index (χ1v) is 12.0. The van der Waals surface area contributed by atoms with Crippen LogP contribution in [0.4, 0.5) is 4.39 Å². The van der Waals surface area contributed by atoms with Gasteiger partial charge in [0.05, 0.1) is 23.0 Å². The first-order chi connectivity index (χ1) is 13.7. The Kier molecular flexibility index (Phi) is 4.65. The number of rotatable bonds is 5. The highest BCUT2D eigenvalue weighted by Gasteiger charge is 2.30. The minimum Gasteiger partial charge on any atom is -0.481 e. The van der Waals surface area contributed by atoms with Gasteiger partial charge in [-0.25, -0.2) is 14.4 Å². The first kappa shape index (κ1) is 19.5. The van der Waals surface area contributed by atoms with Gasteiger partial charge >= 0.3 is 5.97 Å². The number of fused-ring (bicyclic) bond motifs is 2. The quantitative estimate of drug-likeness (QED) is 0.468. The van der Waals surface area contributed by atoms with Gasteiger partial charge in [-0.3, -0.25) is 9.89 Å². The summed E-state index contributed by atoms with van der Waals surface area (Å²) in [6.07, 6.45) is 5.88. The lowest BCUT2D eigenvalue weighted by Crippen LogP contribution is -2.14. The topological polar surface area (TPSA) is 70.9 Å². The molecule has 4 rings (SSSR count). The molecule has 0 spiro atoms. The Morgan fingerprint density at radius 2 is 1.93 bits per heavy atom. The second kappa shape index (κ2) is 6.91. The van der Waals surface area contributed by atoms with Crippen LogP contribution in [0.5, 0.6) is 0 Å². The molecule has 152 valence electrons. The Labute approximate surface area is 169 Å². The molecule has 0 saturated heterocycles. The molecule has 5 nitrogen and oxygen atoms in total. The van der Waals surface area contributed by atoms with E-state index in [1.807, 2.05) is 12.5 Å². The summed E-state index contributed by atoms with van der Waals surface area (Å²) in [4.78, 5) is 12.7. The van der Waals surface area contributed by atoms with E-state index in [0.717, 1.165) is 38.1 Å². The average molecular weight is 414 g/mol. The van der Waals surface area contributed by atoms with E-state index in [-0.39, 0.29) is 17.5 Å². The van der Waals surface area contributed by atoms with E-state index in [1.165, 1.54) is 12.1 Å². The monoisotopic (exact) mass is 413 g/mol. The fraction of sp³-hybridized carbons (Fsp3) is 0.273. The molecule has 0 bridgehead atoms. The van der Waals surface area contributed by atoms with Gasteiger partial charge in [-0.05, 0) is 54.8 Å². The molecule has 0 saturated carbocycles. The molecule has 2 aromatic heterocycles. The van der Waals surface area contributed by atoms with Crippen LogP contribution in [-0.2, 0) is 4.79 Å². The minimum absolute atomic E-state index is 0.0935. The number of hydrogen-bond donors (Lipinski definition) is 2. The Bertz CT molecular complexity index is 1220. The van der Waals surface area contributed by atoms with Crippen LogP contribution in [0.2, 0.25) is 0 Å². The van der Waals surface area contributed by atoms with Crippen LogP contribution < -0.4 is 0 Å². The van der Waals surface area contributed by atoms with Crippen molar-refractivity contribution < 1.29 is 14.3 Å². The molecule has 0 aliphatic rings. The van der Waals surface area contributed by atoms with Crippen LogP contribution in [0, 0.1) is 5.82 Å². The molecular weight excluding hydrogens is 389 g/mol. The molecule has 2 N–H and O–H groups in total. The van der Waals surface area contributed by atoms with Crippen molar-refractivity contribution in [3.8, 4) is 5.69 Å². The number of carboxylic acids is 1. The lowest BCUT2D eigenvalue weighted by atomic mass is 10.1. The van der Waals surface area contributed by atoms with Gasteiger partial charge in [0.2, 0.25) is 0 Å². The highest BCUT2D eigenvalue weighted by atomic mass is 32.3. The highest BCUT2D eigenvalue weighted by molar-refractivity contribution is 8.33. The molecule has 7 heteroatoms. The maximum absolute atomic E-state index is 13.6. The molecular formula is C22H24FN3O2S. The fourth-order valence-electron chi connectivity index (χ4n) is 4.07. The molecule has 0 radical (unpaired) electrons. The molecule has 29 heavy (non-hydrogen) atoms. The number of benzene rings is 2. The van der Waals surface area contributed by atoms with Crippen molar-refractivity contribution in [2.24, 2.45) is 0 Å². The molecule has 0 atom stereocenters. The van der Waals surface area contributed by atoms with Gasteiger partial charge in [-0.2, -0.15) is 5.10 Å². The van der Waals surface area contributed by atoms with Crippen molar-refractivity contribution in [3.63, 3.8) is 0 Å². The second-order valence-corrected chi connectivity index (χ2v) is 11.9. The number of aliphatic carboxylic acids is 1. The lowest BCUT2D eigenvalue weighted by Gasteiger charge is -2.32. The van der Waals surface area contributed by atoms with Crippen molar-refractivity contribution in [3.05, 3.63) is 54.1 Å². The van der Waals surface area contributed by atoms with Crippen molar-refractivity contribution in [2.45, 2.75) is 24.7 Å².